The maximum absolute atomic E-state index is 13.1. The zero-order chi connectivity index (χ0) is 21.7. The summed E-state index contributed by atoms with van der Waals surface area (Å²) in [6.45, 7) is 1.86. The van der Waals surface area contributed by atoms with Crippen LogP contribution in [0.3, 0.4) is 0 Å². The number of nitrogens with zero attached hydrogens (tertiary/aromatic N) is 2. The molecule has 1 aromatic heterocycles. The highest BCUT2D eigenvalue weighted by Crippen LogP contribution is 2.25. The van der Waals surface area contributed by atoms with E-state index >= 15 is 0 Å². The molecule has 0 saturated heterocycles. The predicted molar refractivity (Wildman–Crippen MR) is 116 cm³/mol. The third-order valence-electron chi connectivity index (χ3n) is 4.29. The summed E-state index contributed by atoms with van der Waals surface area (Å²) in [6, 6.07) is 12.5. The second-order valence-electron chi connectivity index (χ2n) is 6.39. The lowest BCUT2D eigenvalue weighted by atomic mass is 10.2. The number of carbonyl (C=O) groups is 1. The second-order valence-corrected chi connectivity index (χ2v) is 6.77. The van der Waals surface area contributed by atoms with E-state index in [1.165, 1.54) is 22.9 Å². The van der Waals surface area contributed by atoms with Gasteiger partial charge in [-0.3, -0.25) is 24.1 Å². The van der Waals surface area contributed by atoms with E-state index in [0.717, 1.165) is 0 Å². The maximum Gasteiger partial charge on any atom is 0.264 e. The molecule has 0 saturated carbocycles. The van der Waals surface area contributed by atoms with Gasteiger partial charge in [-0.1, -0.05) is 31.2 Å². The first-order valence-corrected chi connectivity index (χ1v) is 9.53. The number of aromatic amines is 1. The molecule has 0 aliphatic rings. The van der Waals surface area contributed by atoms with Crippen LogP contribution in [0, 0.1) is 10.6 Å². The molecule has 1 heterocycles. The van der Waals surface area contributed by atoms with Crippen molar-refractivity contribution >= 4 is 35.7 Å². The Hall–Kier alpha value is -3.59. The van der Waals surface area contributed by atoms with Crippen molar-refractivity contribution in [1.82, 2.24) is 9.55 Å². The SMILES string of the molecule is CCC(=O)Nc1ccccc1N=Cc1c(O)n(Cc2ccc(F)cc2)c(=S)[nH]c1=O. The Morgan fingerprint density at radius 2 is 1.97 bits per heavy atom. The molecule has 7 nitrogen and oxygen atoms in total. The van der Waals surface area contributed by atoms with Crippen LogP contribution < -0.4 is 10.9 Å². The fourth-order valence-corrected chi connectivity index (χ4v) is 2.92. The van der Waals surface area contributed by atoms with E-state index < -0.39 is 5.56 Å². The number of hydrogen-bond acceptors (Lipinski definition) is 5. The van der Waals surface area contributed by atoms with Gasteiger partial charge in [0.1, 0.15) is 11.4 Å². The molecule has 0 atom stereocenters. The van der Waals surface area contributed by atoms with Crippen molar-refractivity contribution in [3.05, 3.63) is 80.6 Å². The monoisotopic (exact) mass is 426 g/mol. The molecule has 1 amide bonds. The van der Waals surface area contributed by atoms with Crippen molar-refractivity contribution in [2.45, 2.75) is 19.9 Å². The Bertz CT molecular complexity index is 1220. The zero-order valence-corrected chi connectivity index (χ0v) is 16.9. The molecule has 3 N–H and O–H groups in total. The Kier molecular flexibility index (Phi) is 6.53. The highest BCUT2D eigenvalue weighted by molar-refractivity contribution is 7.71. The molecular weight excluding hydrogens is 407 g/mol. The molecule has 0 spiro atoms. The summed E-state index contributed by atoms with van der Waals surface area (Å²) in [7, 11) is 0. The number of aliphatic imine (C=N–C) groups is 1. The van der Waals surface area contributed by atoms with Crippen LogP contribution >= 0.6 is 12.2 Å². The van der Waals surface area contributed by atoms with E-state index in [1.807, 2.05) is 0 Å². The van der Waals surface area contributed by atoms with Gasteiger partial charge in [-0.25, -0.2) is 4.39 Å². The van der Waals surface area contributed by atoms with Gasteiger partial charge < -0.3 is 10.4 Å². The van der Waals surface area contributed by atoms with Crippen molar-refractivity contribution in [3.63, 3.8) is 0 Å². The lowest BCUT2D eigenvalue weighted by molar-refractivity contribution is -0.115. The van der Waals surface area contributed by atoms with Crippen LogP contribution in [0.5, 0.6) is 5.88 Å². The molecule has 3 aromatic rings. The molecular formula is C21H19FN4O3S. The van der Waals surface area contributed by atoms with Gasteiger partial charge in [0.15, 0.2) is 4.77 Å². The zero-order valence-electron chi connectivity index (χ0n) is 16.1. The van der Waals surface area contributed by atoms with Gasteiger partial charge in [0, 0.05) is 12.6 Å². The summed E-state index contributed by atoms with van der Waals surface area (Å²) in [6.07, 6.45) is 1.52. The number of amides is 1. The molecule has 154 valence electrons. The number of nitrogens with one attached hydrogen (secondary N) is 2. The Morgan fingerprint density at radius 1 is 1.27 bits per heavy atom. The van der Waals surface area contributed by atoms with E-state index in [9.17, 15) is 19.1 Å². The number of aromatic nitrogens is 2. The fourth-order valence-electron chi connectivity index (χ4n) is 2.68. The van der Waals surface area contributed by atoms with Crippen molar-refractivity contribution in [3.8, 4) is 5.88 Å². The summed E-state index contributed by atoms with van der Waals surface area (Å²) < 4.78 is 14.5. The molecule has 0 aliphatic heterocycles. The first kappa shape index (κ1) is 21.1. The number of H-pyrrole nitrogens is 1. The molecule has 30 heavy (non-hydrogen) atoms. The second kappa shape index (κ2) is 9.27. The van der Waals surface area contributed by atoms with E-state index in [2.05, 4.69) is 15.3 Å². The highest BCUT2D eigenvalue weighted by Gasteiger charge is 2.12. The van der Waals surface area contributed by atoms with Crippen molar-refractivity contribution < 1.29 is 14.3 Å². The minimum Gasteiger partial charge on any atom is -0.494 e. The Labute approximate surface area is 176 Å². The number of halogens is 1. The third-order valence-corrected chi connectivity index (χ3v) is 4.62. The van der Waals surface area contributed by atoms with Crippen LogP contribution in [-0.4, -0.2) is 26.8 Å². The van der Waals surface area contributed by atoms with Crippen LogP contribution in [-0.2, 0) is 11.3 Å². The van der Waals surface area contributed by atoms with E-state index in [1.54, 1.807) is 43.3 Å². The molecule has 0 aliphatic carbocycles. The summed E-state index contributed by atoms with van der Waals surface area (Å²) in [5.41, 5.74) is 0.889. The minimum absolute atomic E-state index is 0.0228. The van der Waals surface area contributed by atoms with Gasteiger partial charge in [-0.05, 0) is 42.0 Å². The maximum atomic E-state index is 13.1. The van der Waals surface area contributed by atoms with E-state index in [0.29, 0.717) is 23.4 Å². The number of hydrogen-bond donors (Lipinski definition) is 3. The van der Waals surface area contributed by atoms with Gasteiger partial charge in [-0.15, -0.1) is 0 Å². The number of carbonyl (C=O) groups excluding carboxylic acids is 1. The van der Waals surface area contributed by atoms with Gasteiger partial charge in [-0.2, -0.15) is 0 Å². The third kappa shape index (κ3) is 4.87. The lowest BCUT2D eigenvalue weighted by Crippen LogP contribution is -2.19. The largest absolute Gasteiger partial charge is 0.494 e. The van der Waals surface area contributed by atoms with E-state index in [-0.39, 0.29) is 34.5 Å². The van der Waals surface area contributed by atoms with Gasteiger partial charge in [0.05, 0.1) is 17.9 Å². The smallest absolute Gasteiger partial charge is 0.264 e. The number of benzene rings is 2. The standard InChI is InChI=1S/C21H19FN4O3S/c1-2-18(27)24-17-6-4-3-5-16(17)23-11-15-19(28)25-21(30)26(20(15)29)12-13-7-9-14(22)10-8-13/h3-11,29H,2,12H2,1H3,(H,24,27)(H,25,28,30). The predicted octanol–water partition coefficient (Wildman–Crippen LogP) is 3.90. The average molecular weight is 426 g/mol. The molecule has 0 unspecified atom stereocenters. The molecule has 0 fully saturated rings. The summed E-state index contributed by atoms with van der Waals surface area (Å²) >= 11 is 5.15. The lowest BCUT2D eigenvalue weighted by Gasteiger charge is -2.11. The summed E-state index contributed by atoms with van der Waals surface area (Å²) in [5.74, 6) is -0.924. The van der Waals surface area contributed by atoms with Crippen LogP contribution in [0.25, 0.3) is 0 Å². The normalized spacial score (nSPS) is 11.0. The quantitative estimate of drug-likeness (QED) is 0.411. The van der Waals surface area contributed by atoms with Crippen LogP contribution in [0.4, 0.5) is 15.8 Å². The first-order chi connectivity index (χ1) is 14.4. The van der Waals surface area contributed by atoms with Gasteiger partial charge in [0.2, 0.25) is 11.8 Å². The minimum atomic E-state index is -0.605. The Morgan fingerprint density at radius 3 is 2.67 bits per heavy atom. The highest BCUT2D eigenvalue weighted by atomic mass is 32.1. The summed E-state index contributed by atoms with van der Waals surface area (Å²) in [5, 5.41) is 13.4. The van der Waals surface area contributed by atoms with Crippen molar-refractivity contribution in [2.75, 3.05) is 5.32 Å². The number of para-hydroxylation sites is 2. The average Bonchev–Trinajstić information content (AvgIpc) is 2.73. The molecule has 9 heteroatoms. The number of anilines is 1. The van der Waals surface area contributed by atoms with Crippen LogP contribution in [0.1, 0.15) is 24.5 Å². The number of rotatable bonds is 6. The molecule has 2 aromatic carbocycles. The first-order valence-electron chi connectivity index (χ1n) is 9.12. The van der Waals surface area contributed by atoms with Crippen molar-refractivity contribution in [2.24, 2.45) is 4.99 Å². The van der Waals surface area contributed by atoms with Crippen LogP contribution in [0.15, 0.2) is 58.3 Å². The topological polar surface area (TPSA) is 99.5 Å². The fraction of sp³-hybridized carbons (Fsp3) is 0.143. The Balaban J connectivity index is 1.97. The van der Waals surface area contributed by atoms with Gasteiger partial charge in [0.25, 0.3) is 5.56 Å². The molecule has 0 radical (unpaired) electrons. The molecule has 3 rings (SSSR count). The van der Waals surface area contributed by atoms with Gasteiger partial charge >= 0.3 is 0 Å². The van der Waals surface area contributed by atoms with E-state index in [4.69, 9.17) is 12.2 Å². The summed E-state index contributed by atoms with van der Waals surface area (Å²) in [4.78, 5) is 30.8. The van der Waals surface area contributed by atoms with Crippen LogP contribution in [0.2, 0.25) is 0 Å². The van der Waals surface area contributed by atoms with Crippen molar-refractivity contribution in [1.29, 1.82) is 0 Å². The molecule has 0 bridgehead atoms. The number of aromatic hydroxyl groups is 1.